The number of hydrogen-bond donors (Lipinski definition) is 2. The molecule has 18 heavy (non-hydrogen) atoms. The molecule has 0 aromatic heterocycles. The zero-order valence-corrected chi connectivity index (χ0v) is 12.8. The Morgan fingerprint density at radius 3 is 2.39 bits per heavy atom. The van der Waals surface area contributed by atoms with E-state index in [1.807, 2.05) is 0 Å². The Bertz CT molecular complexity index is 214. The molecule has 1 aliphatic carbocycles. The summed E-state index contributed by atoms with van der Waals surface area (Å²) in [6.45, 7) is 6.57. The van der Waals surface area contributed by atoms with Crippen molar-refractivity contribution in [2.75, 3.05) is 27.2 Å². The van der Waals surface area contributed by atoms with E-state index >= 15 is 0 Å². The lowest BCUT2D eigenvalue weighted by Gasteiger charge is -2.33. The highest BCUT2D eigenvalue weighted by atomic mass is 15.1. The van der Waals surface area contributed by atoms with Gasteiger partial charge in [-0.15, -0.1) is 0 Å². The molecule has 0 aromatic carbocycles. The summed E-state index contributed by atoms with van der Waals surface area (Å²) in [6, 6.07) is 1.31. The first kappa shape index (κ1) is 15.9. The fraction of sp³-hybridized carbons (Fsp3) is 1.00. The van der Waals surface area contributed by atoms with E-state index in [-0.39, 0.29) is 0 Å². The first-order valence-corrected chi connectivity index (χ1v) is 7.73. The number of nitrogens with one attached hydrogen (secondary N) is 1. The molecule has 0 radical (unpaired) electrons. The highest BCUT2D eigenvalue weighted by Gasteiger charge is 2.28. The monoisotopic (exact) mass is 255 g/mol. The lowest BCUT2D eigenvalue weighted by atomic mass is 9.92. The lowest BCUT2D eigenvalue weighted by molar-refractivity contribution is 0.185. The first-order chi connectivity index (χ1) is 8.63. The van der Waals surface area contributed by atoms with Crippen LogP contribution in [0, 0.1) is 11.8 Å². The topological polar surface area (TPSA) is 41.3 Å². The molecule has 1 aliphatic rings. The van der Waals surface area contributed by atoms with Gasteiger partial charge in [-0.05, 0) is 45.3 Å². The molecule has 0 amide bonds. The largest absolute Gasteiger partial charge is 0.330 e. The molecule has 0 saturated heterocycles. The molecule has 0 aliphatic heterocycles. The van der Waals surface area contributed by atoms with Crippen LogP contribution in [-0.2, 0) is 0 Å². The summed E-state index contributed by atoms with van der Waals surface area (Å²) in [5.74, 6) is 1.50. The van der Waals surface area contributed by atoms with Crippen molar-refractivity contribution in [2.45, 2.75) is 58.0 Å². The second kappa shape index (κ2) is 8.13. The van der Waals surface area contributed by atoms with Crippen molar-refractivity contribution >= 4 is 0 Å². The maximum Gasteiger partial charge on any atom is 0.0242 e. The molecule has 3 nitrogen and oxygen atoms in total. The van der Waals surface area contributed by atoms with Crippen LogP contribution in [0.3, 0.4) is 0 Å². The van der Waals surface area contributed by atoms with Crippen LogP contribution in [0.15, 0.2) is 0 Å². The van der Waals surface area contributed by atoms with Gasteiger partial charge in [-0.2, -0.15) is 0 Å². The fourth-order valence-corrected chi connectivity index (χ4v) is 3.46. The summed E-state index contributed by atoms with van der Waals surface area (Å²) in [5.41, 5.74) is 5.85. The Morgan fingerprint density at radius 2 is 1.89 bits per heavy atom. The van der Waals surface area contributed by atoms with Gasteiger partial charge in [0.15, 0.2) is 0 Å². The van der Waals surface area contributed by atoms with E-state index in [1.165, 1.54) is 32.1 Å². The Balaban J connectivity index is 2.46. The van der Waals surface area contributed by atoms with E-state index in [0.29, 0.717) is 18.0 Å². The average molecular weight is 255 g/mol. The van der Waals surface area contributed by atoms with Crippen molar-refractivity contribution in [1.82, 2.24) is 10.2 Å². The molecule has 3 heteroatoms. The Morgan fingerprint density at radius 1 is 1.22 bits per heavy atom. The number of rotatable bonds is 8. The summed E-state index contributed by atoms with van der Waals surface area (Å²) in [6.07, 6.45) is 6.51. The van der Waals surface area contributed by atoms with Gasteiger partial charge in [0.05, 0.1) is 0 Å². The van der Waals surface area contributed by atoms with Gasteiger partial charge in [0.1, 0.15) is 0 Å². The second-order valence-electron chi connectivity index (χ2n) is 6.05. The van der Waals surface area contributed by atoms with Gasteiger partial charge in [0, 0.05) is 18.6 Å². The van der Waals surface area contributed by atoms with Gasteiger partial charge >= 0.3 is 0 Å². The van der Waals surface area contributed by atoms with Crippen LogP contribution in [0.2, 0.25) is 0 Å². The third-order valence-electron chi connectivity index (χ3n) is 4.81. The van der Waals surface area contributed by atoms with Crippen LogP contribution in [0.5, 0.6) is 0 Å². The lowest BCUT2D eigenvalue weighted by Crippen LogP contribution is -2.47. The molecule has 1 saturated carbocycles. The maximum atomic E-state index is 5.85. The van der Waals surface area contributed by atoms with E-state index in [2.05, 4.69) is 38.2 Å². The summed E-state index contributed by atoms with van der Waals surface area (Å²) in [5, 5.41) is 3.79. The van der Waals surface area contributed by atoms with Crippen LogP contribution in [0.1, 0.15) is 46.0 Å². The minimum Gasteiger partial charge on any atom is -0.330 e. The Labute approximate surface area is 113 Å². The van der Waals surface area contributed by atoms with E-state index in [4.69, 9.17) is 5.73 Å². The van der Waals surface area contributed by atoms with E-state index < -0.39 is 0 Å². The quantitative estimate of drug-likeness (QED) is 0.698. The number of nitrogens with zero attached hydrogens (tertiary/aromatic N) is 1. The zero-order chi connectivity index (χ0) is 13.5. The predicted octanol–water partition coefficient (Wildman–Crippen LogP) is 2.07. The molecule has 1 fully saturated rings. The third kappa shape index (κ3) is 4.22. The summed E-state index contributed by atoms with van der Waals surface area (Å²) in [7, 11) is 4.42. The zero-order valence-electron chi connectivity index (χ0n) is 12.8. The molecule has 108 valence electrons. The third-order valence-corrected chi connectivity index (χ3v) is 4.81. The molecule has 0 spiro atoms. The average Bonchev–Trinajstić information content (AvgIpc) is 2.81. The van der Waals surface area contributed by atoms with Gasteiger partial charge < -0.3 is 16.0 Å². The highest BCUT2D eigenvalue weighted by Crippen LogP contribution is 2.25. The van der Waals surface area contributed by atoms with Gasteiger partial charge in [-0.3, -0.25) is 0 Å². The molecule has 3 N–H and O–H groups in total. The molecule has 0 bridgehead atoms. The van der Waals surface area contributed by atoms with Crippen LogP contribution in [-0.4, -0.2) is 44.2 Å². The molecular weight excluding hydrogens is 222 g/mol. The van der Waals surface area contributed by atoms with Gasteiger partial charge in [0.2, 0.25) is 0 Å². The number of likely N-dealkylation sites (N-methyl/N-ethyl adjacent to an activating group) is 1. The van der Waals surface area contributed by atoms with E-state index in [1.54, 1.807) is 0 Å². The van der Waals surface area contributed by atoms with Gasteiger partial charge in [-0.1, -0.05) is 33.1 Å². The smallest absolute Gasteiger partial charge is 0.0242 e. The van der Waals surface area contributed by atoms with Crippen molar-refractivity contribution in [2.24, 2.45) is 17.6 Å². The van der Waals surface area contributed by atoms with Crippen molar-refractivity contribution in [3.8, 4) is 0 Å². The summed E-state index contributed by atoms with van der Waals surface area (Å²) >= 11 is 0. The molecule has 3 atom stereocenters. The highest BCUT2D eigenvalue weighted by molar-refractivity contribution is 4.86. The molecule has 0 heterocycles. The van der Waals surface area contributed by atoms with Gasteiger partial charge in [-0.25, -0.2) is 0 Å². The SMILES string of the molecule is CCC(CC)C(CNC1CCCC1CN)N(C)C. The second-order valence-corrected chi connectivity index (χ2v) is 6.05. The van der Waals surface area contributed by atoms with E-state index in [0.717, 1.165) is 19.0 Å². The van der Waals surface area contributed by atoms with Crippen LogP contribution in [0.25, 0.3) is 0 Å². The first-order valence-electron chi connectivity index (χ1n) is 7.73. The minimum absolute atomic E-state index is 0.652. The van der Waals surface area contributed by atoms with Crippen molar-refractivity contribution in [3.05, 3.63) is 0 Å². The normalized spacial score (nSPS) is 26.2. The predicted molar refractivity (Wildman–Crippen MR) is 79.7 cm³/mol. The Hall–Kier alpha value is -0.120. The summed E-state index contributed by atoms with van der Waals surface area (Å²) in [4.78, 5) is 2.39. The molecule has 0 aromatic rings. The fourth-order valence-electron chi connectivity index (χ4n) is 3.46. The maximum absolute atomic E-state index is 5.85. The number of hydrogen-bond acceptors (Lipinski definition) is 3. The van der Waals surface area contributed by atoms with Crippen molar-refractivity contribution in [1.29, 1.82) is 0 Å². The van der Waals surface area contributed by atoms with Gasteiger partial charge in [0.25, 0.3) is 0 Å². The van der Waals surface area contributed by atoms with Crippen LogP contribution >= 0.6 is 0 Å². The molecule has 3 unspecified atom stereocenters. The standard InChI is InChI=1S/C15H33N3/c1-5-12(6-2)15(18(3)4)11-17-14-9-7-8-13(14)10-16/h12-15,17H,5-11,16H2,1-4H3. The van der Waals surface area contributed by atoms with Crippen LogP contribution in [0.4, 0.5) is 0 Å². The molecule has 1 rings (SSSR count). The number of nitrogens with two attached hydrogens (primary N) is 1. The van der Waals surface area contributed by atoms with E-state index in [9.17, 15) is 0 Å². The summed E-state index contributed by atoms with van der Waals surface area (Å²) < 4.78 is 0. The van der Waals surface area contributed by atoms with Crippen molar-refractivity contribution < 1.29 is 0 Å². The molecular formula is C15H33N3. The van der Waals surface area contributed by atoms with Crippen LogP contribution < -0.4 is 11.1 Å². The Kier molecular flexibility index (Phi) is 7.20. The van der Waals surface area contributed by atoms with Crippen molar-refractivity contribution in [3.63, 3.8) is 0 Å². The minimum atomic E-state index is 0.652.